The highest BCUT2D eigenvalue weighted by Gasteiger charge is 2.30. The van der Waals surface area contributed by atoms with Crippen molar-refractivity contribution < 1.29 is 12.8 Å². The molecule has 1 aliphatic carbocycles. The van der Waals surface area contributed by atoms with Crippen molar-refractivity contribution in [3.8, 4) is 0 Å². The van der Waals surface area contributed by atoms with Crippen LogP contribution >= 0.6 is 15.9 Å². The van der Waals surface area contributed by atoms with Crippen LogP contribution in [0.4, 0.5) is 4.39 Å². The number of hydrogen-bond acceptors (Lipinski definition) is 2. The Labute approximate surface area is 109 Å². The van der Waals surface area contributed by atoms with Crippen LogP contribution in [0.1, 0.15) is 12.8 Å². The van der Waals surface area contributed by atoms with Crippen LogP contribution in [0, 0.1) is 11.7 Å². The summed E-state index contributed by atoms with van der Waals surface area (Å²) in [7, 11) is -3.60. The van der Waals surface area contributed by atoms with Crippen molar-refractivity contribution >= 4 is 26.0 Å². The fraction of sp³-hybridized carbons (Fsp3) is 0.455. The van der Waals surface area contributed by atoms with Gasteiger partial charge < -0.3 is 0 Å². The maximum absolute atomic E-state index is 12.9. The first-order chi connectivity index (χ1) is 7.99. The summed E-state index contributed by atoms with van der Waals surface area (Å²) in [5.74, 6) is 0.00988. The Morgan fingerprint density at radius 1 is 1.47 bits per heavy atom. The maximum atomic E-state index is 12.9. The zero-order valence-electron chi connectivity index (χ0n) is 9.07. The van der Waals surface area contributed by atoms with E-state index in [0.29, 0.717) is 12.5 Å². The summed E-state index contributed by atoms with van der Waals surface area (Å²) in [6, 6.07) is 5.00. The van der Waals surface area contributed by atoms with Crippen molar-refractivity contribution in [2.75, 3.05) is 6.54 Å². The maximum Gasteiger partial charge on any atom is 0.240 e. The predicted molar refractivity (Wildman–Crippen MR) is 67.0 cm³/mol. The smallest absolute Gasteiger partial charge is 0.210 e. The monoisotopic (exact) mass is 321 g/mol. The van der Waals surface area contributed by atoms with Crippen molar-refractivity contribution in [2.45, 2.75) is 22.6 Å². The van der Waals surface area contributed by atoms with Crippen molar-refractivity contribution in [3.05, 3.63) is 30.1 Å². The predicted octanol–water partition coefficient (Wildman–Crippen LogP) is 2.28. The average Bonchev–Trinajstić information content (AvgIpc) is 3.10. The van der Waals surface area contributed by atoms with Crippen LogP contribution in [0.3, 0.4) is 0 Å². The Kier molecular flexibility index (Phi) is 3.85. The van der Waals surface area contributed by atoms with Gasteiger partial charge in [0.2, 0.25) is 10.0 Å². The largest absolute Gasteiger partial charge is 0.240 e. The first kappa shape index (κ1) is 13.0. The Morgan fingerprint density at radius 3 is 2.76 bits per heavy atom. The molecule has 0 bridgehead atoms. The number of alkyl halides is 1. The lowest BCUT2D eigenvalue weighted by atomic mass is 10.3. The van der Waals surface area contributed by atoms with E-state index in [1.807, 2.05) is 0 Å². The fourth-order valence-corrected chi connectivity index (χ4v) is 3.53. The summed E-state index contributed by atoms with van der Waals surface area (Å²) in [5.41, 5.74) is 0. The van der Waals surface area contributed by atoms with Gasteiger partial charge in [0.25, 0.3) is 0 Å². The molecule has 94 valence electrons. The molecule has 0 saturated heterocycles. The molecule has 0 spiro atoms. The number of nitrogens with one attached hydrogen (secondary N) is 1. The molecular formula is C11H13BrFNO2S. The standard InChI is InChI=1S/C11H13BrFNO2S/c12-11(8-4-5-8)7-14-17(15,16)10-3-1-2-9(13)6-10/h1-3,6,8,11,14H,4-5,7H2. The van der Waals surface area contributed by atoms with Gasteiger partial charge in [-0.05, 0) is 37.0 Å². The summed E-state index contributed by atoms with van der Waals surface area (Å²) in [6.45, 7) is 0.337. The molecule has 1 unspecified atom stereocenters. The van der Waals surface area contributed by atoms with E-state index in [1.165, 1.54) is 18.2 Å². The van der Waals surface area contributed by atoms with Crippen LogP contribution < -0.4 is 4.72 Å². The van der Waals surface area contributed by atoms with E-state index in [9.17, 15) is 12.8 Å². The average molecular weight is 322 g/mol. The molecule has 0 radical (unpaired) electrons. The fourth-order valence-electron chi connectivity index (χ4n) is 1.53. The van der Waals surface area contributed by atoms with Crippen molar-refractivity contribution in [1.29, 1.82) is 0 Å². The molecule has 0 amide bonds. The van der Waals surface area contributed by atoms with Crippen LogP contribution in [0.2, 0.25) is 0 Å². The van der Waals surface area contributed by atoms with Crippen molar-refractivity contribution in [1.82, 2.24) is 4.72 Å². The van der Waals surface area contributed by atoms with Gasteiger partial charge in [0.05, 0.1) is 4.90 Å². The Hall–Kier alpha value is -0.460. The van der Waals surface area contributed by atoms with Crippen LogP contribution in [0.15, 0.2) is 29.2 Å². The molecular weight excluding hydrogens is 309 g/mol. The number of benzene rings is 1. The summed E-state index contributed by atoms with van der Waals surface area (Å²) in [5, 5.41) is 0. The number of hydrogen-bond donors (Lipinski definition) is 1. The van der Waals surface area contributed by atoms with Gasteiger partial charge in [-0.25, -0.2) is 17.5 Å². The lowest BCUT2D eigenvalue weighted by Gasteiger charge is -2.10. The van der Waals surface area contributed by atoms with E-state index >= 15 is 0 Å². The zero-order valence-corrected chi connectivity index (χ0v) is 11.5. The van der Waals surface area contributed by atoms with E-state index < -0.39 is 15.8 Å². The molecule has 2 rings (SSSR count). The van der Waals surface area contributed by atoms with E-state index in [0.717, 1.165) is 18.9 Å². The van der Waals surface area contributed by atoms with Crippen LogP contribution in [0.5, 0.6) is 0 Å². The summed E-state index contributed by atoms with van der Waals surface area (Å²) in [6.07, 6.45) is 2.27. The SMILES string of the molecule is O=S(=O)(NCC(Br)C1CC1)c1cccc(F)c1. The minimum atomic E-state index is -3.60. The molecule has 1 N–H and O–H groups in total. The third-order valence-corrected chi connectivity index (χ3v) is 5.20. The van der Waals surface area contributed by atoms with Gasteiger partial charge in [-0.3, -0.25) is 0 Å². The molecule has 1 atom stereocenters. The van der Waals surface area contributed by atoms with Gasteiger partial charge in [-0.2, -0.15) is 0 Å². The number of halogens is 2. The molecule has 1 aromatic rings. The summed E-state index contributed by atoms with van der Waals surface area (Å²) < 4.78 is 39.1. The second-order valence-electron chi connectivity index (χ2n) is 4.16. The van der Waals surface area contributed by atoms with Crippen LogP contribution in [0.25, 0.3) is 0 Å². The van der Waals surface area contributed by atoms with E-state index in [1.54, 1.807) is 0 Å². The number of sulfonamides is 1. The third kappa shape index (κ3) is 3.50. The van der Waals surface area contributed by atoms with Crippen LogP contribution in [-0.2, 0) is 10.0 Å². The molecule has 0 heterocycles. The van der Waals surface area contributed by atoms with Crippen molar-refractivity contribution in [3.63, 3.8) is 0 Å². The highest BCUT2D eigenvalue weighted by atomic mass is 79.9. The third-order valence-electron chi connectivity index (χ3n) is 2.71. The molecule has 0 aromatic heterocycles. The lowest BCUT2D eigenvalue weighted by Crippen LogP contribution is -2.30. The highest BCUT2D eigenvalue weighted by Crippen LogP contribution is 2.36. The summed E-state index contributed by atoms with van der Waals surface area (Å²) >= 11 is 3.44. The van der Waals surface area contributed by atoms with E-state index in [2.05, 4.69) is 20.7 Å². The molecule has 1 aromatic carbocycles. The Morgan fingerprint density at radius 2 is 2.18 bits per heavy atom. The first-order valence-corrected chi connectivity index (χ1v) is 7.78. The van der Waals surface area contributed by atoms with Gasteiger partial charge in [0.15, 0.2) is 0 Å². The second-order valence-corrected chi connectivity index (χ2v) is 7.11. The van der Waals surface area contributed by atoms with Gasteiger partial charge in [-0.1, -0.05) is 22.0 Å². The molecule has 1 aliphatic rings. The molecule has 0 aliphatic heterocycles. The molecule has 6 heteroatoms. The quantitative estimate of drug-likeness (QED) is 0.846. The lowest BCUT2D eigenvalue weighted by molar-refractivity contribution is 0.574. The molecule has 1 saturated carbocycles. The van der Waals surface area contributed by atoms with Crippen molar-refractivity contribution in [2.24, 2.45) is 5.92 Å². The van der Waals surface area contributed by atoms with Gasteiger partial charge in [-0.15, -0.1) is 0 Å². The molecule has 1 fully saturated rings. The van der Waals surface area contributed by atoms with Crippen LogP contribution in [-0.4, -0.2) is 19.8 Å². The minimum absolute atomic E-state index is 0.0343. The molecule has 3 nitrogen and oxygen atoms in total. The minimum Gasteiger partial charge on any atom is -0.210 e. The Balaban J connectivity index is 2.03. The Bertz CT molecular complexity index is 502. The van der Waals surface area contributed by atoms with Gasteiger partial charge >= 0.3 is 0 Å². The number of rotatable bonds is 5. The van der Waals surface area contributed by atoms with E-state index in [4.69, 9.17) is 0 Å². The van der Waals surface area contributed by atoms with E-state index in [-0.39, 0.29) is 9.72 Å². The second kappa shape index (κ2) is 5.04. The normalized spacial score (nSPS) is 18.0. The topological polar surface area (TPSA) is 46.2 Å². The van der Waals surface area contributed by atoms with Gasteiger partial charge in [0, 0.05) is 11.4 Å². The summed E-state index contributed by atoms with van der Waals surface area (Å²) in [4.78, 5) is 0.124. The first-order valence-electron chi connectivity index (χ1n) is 5.38. The zero-order chi connectivity index (χ0) is 12.5. The van der Waals surface area contributed by atoms with Gasteiger partial charge in [0.1, 0.15) is 5.82 Å². The highest BCUT2D eigenvalue weighted by molar-refractivity contribution is 9.09. The molecule has 17 heavy (non-hydrogen) atoms.